The maximum Gasteiger partial charge on any atom is 0.433 e. The predicted molar refractivity (Wildman–Crippen MR) is 37.6 cm³/mol. The Balaban J connectivity index is 3.27. The molecule has 0 saturated carbocycles. The first kappa shape index (κ1) is 9.24. The third-order valence-electron chi connectivity index (χ3n) is 1.00. The Morgan fingerprint density at radius 1 is 1.50 bits per heavy atom. The molecule has 0 aromatic carbocycles. The molecule has 12 heavy (non-hydrogen) atoms. The third kappa shape index (κ3) is 2.07. The van der Waals surface area contributed by atoms with Crippen LogP contribution in [0.2, 0.25) is 0 Å². The molecule has 0 bridgehead atoms. The number of hydrogen-bond acceptors (Lipinski definition) is 2. The van der Waals surface area contributed by atoms with Crippen molar-refractivity contribution in [2.75, 3.05) is 0 Å². The van der Waals surface area contributed by atoms with Crippen molar-refractivity contribution in [2.45, 2.75) is 6.18 Å². The Bertz CT molecular complexity index is 345. The molecular formula is C5H2BrF3N2O. The van der Waals surface area contributed by atoms with Gasteiger partial charge in [0.15, 0.2) is 10.4 Å². The van der Waals surface area contributed by atoms with Gasteiger partial charge in [-0.15, -0.1) is 0 Å². The predicted octanol–water partition coefficient (Wildman–Crippen LogP) is 1.55. The average Bonchev–Trinajstić information content (AvgIpc) is 1.82. The normalized spacial score (nSPS) is 11.7. The second-order valence-electron chi connectivity index (χ2n) is 1.92. The lowest BCUT2D eigenvalue weighted by molar-refractivity contribution is -0.141. The van der Waals surface area contributed by atoms with Gasteiger partial charge in [0.1, 0.15) is 0 Å². The summed E-state index contributed by atoms with van der Waals surface area (Å²) in [6.07, 6.45) is -4.59. The van der Waals surface area contributed by atoms with Gasteiger partial charge in [0.25, 0.3) is 5.56 Å². The van der Waals surface area contributed by atoms with Gasteiger partial charge in [-0.3, -0.25) is 4.79 Å². The lowest BCUT2D eigenvalue weighted by Gasteiger charge is -2.03. The van der Waals surface area contributed by atoms with E-state index in [1.165, 1.54) is 0 Å². The van der Waals surface area contributed by atoms with E-state index < -0.39 is 17.4 Å². The summed E-state index contributed by atoms with van der Waals surface area (Å²) < 4.78 is 35.5. The highest BCUT2D eigenvalue weighted by Gasteiger charge is 2.33. The highest BCUT2D eigenvalue weighted by molar-refractivity contribution is 9.10. The number of H-pyrrole nitrogens is 1. The zero-order chi connectivity index (χ0) is 9.35. The Kier molecular flexibility index (Phi) is 2.22. The summed E-state index contributed by atoms with van der Waals surface area (Å²) in [7, 11) is 0. The van der Waals surface area contributed by atoms with Crippen LogP contribution in [-0.4, -0.2) is 9.97 Å². The first-order valence-corrected chi connectivity index (χ1v) is 3.53. The smallest absolute Gasteiger partial charge is 0.301 e. The largest absolute Gasteiger partial charge is 0.433 e. The first-order chi connectivity index (χ1) is 5.39. The average molecular weight is 243 g/mol. The van der Waals surface area contributed by atoms with Gasteiger partial charge in [-0.05, 0) is 15.9 Å². The lowest BCUT2D eigenvalue weighted by Crippen LogP contribution is -2.15. The van der Waals surface area contributed by atoms with Gasteiger partial charge in [-0.1, -0.05) is 0 Å². The van der Waals surface area contributed by atoms with Crippen LogP contribution in [0.25, 0.3) is 0 Å². The molecule has 0 spiro atoms. The molecule has 0 radical (unpaired) electrons. The minimum absolute atomic E-state index is 0.234. The Hall–Kier alpha value is -0.850. The molecule has 0 amide bonds. The summed E-state index contributed by atoms with van der Waals surface area (Å²) in [5, 5.41) is 0. The van der Waals surface area contributed by atoms with Gasteiger partial charge in [0.2, 0.25) is 0 Å². The van der Waals surface area contributed by atoms with Crippen molar-refractivity contribution in [3.63, 3.8) is 0 Å². The van der Waals surface area contributed by atoms with Crippen molar-refractivity contribution < 1.29 is 13.2 Å². The van der Waals surface area contributed by atoms with Crippen molar-refractivity contribution in [1.29, 1.82) is 0 Å². The van der Waals surface area contributed by atoms with E-state index >= 15 is 0 Å². The molecule has 0 unspecified atom stereocenters. The van der Waals surface area contributed by atoms with Gasteiger partial charge in [-0.25, -0.2) is 4.98 Å². The summed E-state index contributed by atoms with van der Waals surface area (Å²) >= 11 is 2.64. The molecule has 1 aromatic heterocycles. The van der Waals surface area contributed by atoms with Crippen LogP contribution >= 0.6 is 15.9 Å². The topological polar surface area (TPSA) is 45.8 Å². The molecular weight excluding hydrogens is 241 g/mol. The Morgan fingerprint density at radius 2 is 2.08 bits per heavy atom. The van der Waals surface area contributed by atoms with Crippen molar-refractivity contribution in [2.24, 2.45) is 0 Å². The molecule has 7 heteroatoms. The standard InChI is InChI=1S/C5H2BrF3N2O/c6-4-10-2(5(7,8)9)1-3(12)11-4/h1H,(H,10,11,12). The van der Waals surface area contributed by atoms with Gasteiger partial charge in [0.05, 0.1) is 0 Å². The molecule has 0 atom stereocenters. The van der Waals surface area contributed by atoms with Gasteiger partial charge >= 0.3 is 6.18 Å². The molecule has 0 saturated heterocycles. The number of nitrogens with zero attached hydrogens (tertiary/aromatic N) is 1. The third-order valence-corrected chi connectivity index (χ3v) is 1.38. The molecule has 1 heterocycles. The highest BCUT2D eigenvalue weighted by Crippen LogP contribution is 2.26. The fourth-order valence-corrected chi connectivity index (χ4v) is 0.960. The quantitative estimate of drug-likeness (QED) is 0.702. The van der Waals surface area contributed by atoms with Crippen LogP contribution in [0.3, 0.4) is 0 Å². The molecule has 0 aliphatic carbocycles. The summed E-state index contributed by atoms with van der Waals surface area (Å²) in [5.74, 6) is 0. The van der Waals surface area contributed by atoms with E-state index in [0.29, 0.717) is 6.07 Å². The Labute approximate surface area is 72.8 Å². The van der Waals surface area contributed by atoms with E-state index in [2.05, 4.69) is 20.9 Å². The number of hydrogen-bond donors (Lipinski definition) is 1. The second kappa shape index (κ2) is 2.89. The van der Waals surface area contributed by atoms with Crippen LogP contribution in [-0.2, 0) is 6.18 Å². The number of aromatic amines is 1. The zero-order valence-corrected chi connectivity index (χ0v) is 7.03. The molecule has 66 valence electrons. The zero-order valence-electron chi connectivity index (χ0n) is 5.44. The maximum absolute atomic E-state index is 11.9. The maximum atomic E-state index is 11.9. The minimum atomic E-state index is -4.59. The van der Waals surface area contributed by atoms with Crippen LogP contribution < -0.4 is 5.56 Å². The SMILES string of the molecule is O=c1cc(C(F)(F)F)nc(Br)[nH]1. The molecule has 1 rings (SSSR count). The van der Waals surface area contributed by atoms with E-state index in [1.807, 2.05) is 4.98 Å². The van der Waals surface area contributed by atoms with Crippen molar-refractivity contribution in [1.82, 2.24) is 9.97 Å². The summed E-state index contributed by atoms with van der Waals surface area (Å²) in [6.45, 7) is 0. The first-order valence-electron chi connectivity index (χ1n) is 2.73. The van der Waals surface area contributed by atoms with E-state index in [1.54, 1.807) is 0 Å². The minimum Gasteiger partial charge on any atom is -0.301 e. The molecule has 1 N–H and O–H groups in total. The number of rotatable bonds is 0. The van der Waals surface area contributed by atoms with Crippen LogP contribution in [0.4, 0.5) is 13.2 Å². The van der Waals surface area contributed by atoms with E-state index in [0.717, 1.165) is 0 Å². The second-order valence-corrected chi connectivity index (χ2v) is 2.67. The van der Waals surface area contributed by atoms with E-state index in [-0.39, 0.29) is 4.73 Å². The number of nitrogens with one attached hydrogen (secondary N) is 1. The van der Waals surface area contributed by atoms with Crippen LogP contribution in [0, 0.1) is 0 Å². The van der Waals surface area contributed by atoms with Gasteiger partial charge < -0.3 is 4.98 Å². The molecule has 3 nitrogen and oxygen atoms in total. The fourth-order valence-electron chi connectivity index (χ4n) is 0.573. The lowest BCUT2D eigenvalue weighted by atomic mass is 10.4. The van der Waals surface area contributed by atoms with Gasteiger partial charge in [-0.2, -0.15) is 13.2 Å². The highest BCUT2D eigenvalue weighted by atomic mass is 79.9. The number of alkyl halides is 3. The number of aromatic nitrogens is 2. The molecule has 1 aromatic rings. The van der Waals surface area contributed by atoms with E-state index in [4.69, 9.17) is 0 Å². The monoisotopic (exact) mass is 242 g/mol. The fraction of sp³-hybridized carbons (Fsp3) is 0.200. The summed E-state index contributed by atoms with van der Waals surface area (Å²) in [4.78, 5) is 15.6. The van der Waals surface area contributed by atoms with Crippen molar-refractivity contribution >= 4 is 15.9 Å². The van der Waals surface area contributed by atoms with Crippen molar-refractivity contribution in [3.8, 4) is 0 Å². The van der Waals surface area contributed by atoms with E-state index in [9.17, 15) is 18.0 Å². The molecule has 0 fully saturated rings. The molecule has 0 aliphatic rings. The van der Waals surface area contributed by atoms with Crippen LogP contribution in [0.15, 0.2) is 15.6 Å². The molecule has 0 aliphatic heterocycles. The van der Waals surface area contributed by atoms with Crippen molar-refractivity contribution in [3.05, 3.63) is 26.8 Å². The Morgan fingerprint density at radius 3 is 2.50 bits per heavy atom. The van der Waals surface area contributed by atoms with Crippen LogP contribution in [0.5, 0.6) is 0 Å². The van der Waals surface area contributed by atoms with Crippen LogP contribution in [0.1, 0.15) is 5.69 Å². The summed E-state index contributed by atoms with van der Waals surface area (Å²) in [6, 6.07) is 0.394. The summed E-state index contributed by atoms with van der Waals surface area (Å²) in [5.41, 5.74) is -2.05. The van der Waals surface area contributed by atoms with Gasteiger partial charge in [0, 0.05) is 6.07 Å². The number of halogens is 4.